The Kier molecular flexibility index (Phi) is 2.52. The Morgan fingerprint density at radius 1 is 1.12 bits per heavy atom. The van der Waals surface area contributed by atoms with Gasteiger partial charge < -0.3 is 4.42 Å². The van der Waals surface area contributed by atoms with Crippen molar-refractivity contribution in [3.8, 4) is 11.1 Å². The highest BCUT2D eigenvalue weighted by Gasteiger charge is 2.18. The first kappa shape index (κ1) is 10.5. The summed E-state index contributed by atoms with van der Waals surface area (Å²) in [7, 11) is 0. The highest BCUT2D eigenvalue weighted by Crippen LogP contribution is 2.29. The first-order chi connectivity index (χ1) is 7.63. The molecule has 0 fully saturated rings. The van der Waals surface area contributed by atoms with Crippen molar-refractivity contribution in [1.29, 1.82) is 0 Å². The number of aldehydes is 1. The van der Waals surface area contributed by atoms with Gasteiger partial charge in [-0.15, -0.1) is 0 Å². The molecular weight excluding hydrogens is 221 g/mol. The fourth-order valence-corrected chi connectivity index (χ4v) is 1.42. The van der Waals surface area contributed by atoms with Crippen LogP contribution in [0.2, 0.25) is 0 Å². The van der Waals surface area contributed by atoms with Gasteiger partial charge in [-0.05, 0) is 6.07 Å². The number of carbonyl (C=O) groups is 1. The van der Waals surface area contributed by atoms with Gasteiger partial charge in [-0.25, -0.2) is 13.2 Å². The average molecular weight is 226 g/mol. The zero-order valence-corrected chi connectivity index (χ0v) is 7.84. The molecule has 0 aliphatic rings. The minimum Gasteiger partial charge on any atom is -0.461 e. The molecule has 1 aromatic carbocycles. The summed E-state index contributed by atoms with van der Waals surface area (Å²) in [5, 5.41) is 0. The number of furan rings is 1. The monoisotopic (exact) mass is 226 g/mol. The molecule has 16 heavy (non-hydrogen) atoms. The maximum Gasteiger partial charge on any atom is 0.185 e. The summed E-state index contributed by atoms with van der Waals surface area (Å²) < 4.78 is 44.1. The fraction of sp³-hybridized carbons (Fsp3) is 0. The quantitative estimate of drug-likeness (QED) is 0.736. The van der Waals surface area contributed by atoms with Crippen LogP contribution in [0.5, 0.6) is 0 Å². The van der Waals surface area contributed by atoms with Crippen molar-refractivity contribution in [2.24, 2.45) is 0 Å². The van der Waals surface area contributed by atoms with Gasteiger partial charge in [-0.3, -0.25) is 4.79 Å². The Hall–Kier alpha value is -2.04. The van der Waals surface area contributed by atoms with Crippen LogP contribution < -0.4 is 0 Å². The predicted octanol–water partition coefficient (Wildman–Crippen LogP) is 3.18. The number of halogens is 3. The van der Waals surface area contributed by atoms with Crippen LogP contribution in [0.15, 0.2) is 28.9 Å². The molecule has 1 heterocycles. The summed E-state index contributed by atoms with van der Waals surface area (Å²) in [6.45, 7) is 0. The third-order valence-corrected chi connectivity index (χ3v) is 2.08. The van der Waals surface area contributed by atoms with Gasteiger partial charge in [0.15, 0.2) is 12.0 Å². The first-order valence-electron chi connectivity index (χ1n) is 4.31. The van der Waals surface area contributed by atoms with Crippen molar-refractivity contribution in [3.63, 3.8) is 0 Å². The lowest BCUT2D eigenvalue weighted by Crippen LogP contribution is -1.93. The summed E-state index contributed by atoms with van der Waals surface area (Å²) in [6, 6.07) is 2.32. The van der Waals surface area contributed by atoms with Crippen LogP contribution in [0, 0.1) is 17.5 Å². The van der Waals surface area contributed by atoms with Crippen molar-refractivity contribution in [1.82, 2.24) is 0 Å². The Bertz CT molecular complexity index is 523. The van der Waals surface area contributed by atoms with Gasteiger partial charge in [-0.2, -0.15) is 0 Å². The van der Waals surface area contributed by atoms with E-state index in [1.54, 1.807) is 0 Å². The van der Waals surface area contributed by atoms with Gasteiger partial charge in [0.2, 0.25) is 0 Å². The van der Waals surface area contributed by atoms with Crippen LogP contribution in [-0.2, 0) is 0 Å². The highest BCUT2D eigenvalue weighted by atomic mass is 19.1. The number of hydrogen-bond acceptors (Lipinski definition) is 2. The molecule has 0 unspecified atom stereocenters. The second-order valence-corrected chi connectivity index (χ2v) is 3.06. The van der Waals surface area contributed by atoms with E-state index in [9.17, 15) is 18.0 Å². The minimum absolute atomic E-state index is 0.0370. The average Bonchev–Trinajstić information content (AvgIpc) is 2.64. The smallest absolute Gasteiger partial charge is 0.185 e. The molecule has 0 N–H and O–H groups in total. The molecule has 5 heteroatoms. The molecule has 0 spiro atoms. The lowest BCUT2D eigenvalue weighted by atomic mass is 10.1. The van der Waals surface area contributed by atoms with Gasteiger partial charge in [0, 0.05) is 17.7 Å². The van der Waals surface area contributed by atoms with Crippen LogP contribution in [-0.4, -0.2) is 6.29 Å². The molecule has 2 nitrogen and oxygen atoms in total. The first-order valence-corrected chi connectivity index (χ1v) is 4.31. The van der Waals surface area contributed by atoms with Crippen LogP contribution in [0.1, 0.15) is 10.6 Å². The van der Waals surface area contributed by atoms with E-state index < -0.39 is 23.0 Å². The summed E-state index contributed by atoms with van der Waals surface area (Å²) >= 11 is 0. The third-order valence-electron chi connectivity index (χ3n) is 2.08. The number of hydrogen-bond donors (Lipinski definition) is 0. The van der Waals surface area contributed by atoms with E-state index in [0.717, 1.165) is 6.26 Å². The topological polar surface area (TPSA) is 30.2 Å². The van der Waals surface area contributed by atoms with Gasteiger partial charge >= 0.3 is 0 Å². The fourth-order valence-electron chi connectivity index (χ4n) is 1.42. The SMILES string of the molecule is O=Cc1occc1-c1c(F)cc(F)cc1F. The summed E-state index contributed by atoms with van der Waals surface area (Å²) in [4.78, 5) is 10.5. The van der Waals surface area contributed by atoms with Gasteiger partial charge in [0.25, 0.3) is 0 Å². The molecule has 0 aliphatic heterocycles. The van der Waals surface area contributed by atoms with Crippen LogP contribution in [0.25, 0.3) is 11.1 Å². The van der Waals surface area contributed by atoms with Crippen LogP contribution in [0.4, 0.5) is 13.2 Å². The van der Waals surface area contributed by atoms with Crippen molar-refractivity contribution >= 4 is 6.29 Å². The Labute approximate surface area is 88.3 Å². The molecule has 82 valence electrons. The van der Waals surface area contributed by atoms with E-state index in [4.69, 9.17) is 4.42 Å². The zero-order chi connectivity index (χ0) is 11.7. The molecular formula is C11H5F3O2. The van der Waals surface area contributed by atoms with Crippen LogP contribution in [0.3, 0.4) is 0 Å². The highest BCUT2D eigenvalue weighted by molar-refractivity contribution is 5.84. The van der Waals surface area contributed by atoms with Gasteiger partial charge in [0.1, 0.15) is 17.5 Å². The second kappa shape index (κ2) is 3.84. The zero-order valence-electron chi connectivity index (χ0n) is 7.84. The van der Waals surface area contributed by atoms with Crippen molar-refractivity contribution in [3.05, 3.63) is 47.7 Å². The maximum atomic E-state index is 13.4. The molecule has 2 rings (SSSR count). The Morgan fingerprint density at radius 2 is 1.75 bits per heavy atom. The van der Waals surface area contributed by atoms with E-state index in [1.807, 2.05) is 0 Å². The molecule has 0 radical (unpaired) electrons. The van der Waals surface area contributed by atoms with Crippen molar-refractivity contribution < 1.29 is 22.4 Å². The largest absolute Gasteiger partial charge is 0.461 e. The molecule has 0 bridgehead atoms. The Balaban J connectivity index is 2.69. The van der Waals surface area contributed by atoms with E-state index in [0.29, 0.717) is 18.4 Å². The van der Waals surface area contributed by atoms with E-state index >= 15 is 0 Å². The molecule has 0 saturated carbocycles. The normalized spacial score (nSPS) is 10.4. The Morgan fingerprint density at radius 3 is 2.31 bits per heavy atom. The molecule has 1 aromatic heterocycles. The number of carbonyl (C=O) groups excluding carboxylic acids is 1. The van der Waals surface area contributed by atoms with Crippen molar-refractivity contribution in [2.75, 3.05) is 0 Å². The standard InChI is InChI=1S/C11H5F3O2/c12-6-3-8(13)11(9(14)4-6)7-1-2-16-10(7)5-15/h1-5H. The van der Waals surface area contributed by atoms with Gasteiger partial charge in [0.05, 0.1) is 11.8 Å². The summed E-state index contributed by atoms with van der Waals surface area (Å²) in [5.41, 5.74) is -0.512. The molecule has 0 saturated heterocycles. The number of benzene rings is 1. The summed E-state index contributed by atoms with van der Waals surface area (Å²) in [5.74, 6) is -3.39. The third kappa shape index (κ3) is 1.60. The number of rotatable bonds is 2. The molecule has 0 amide bonds. The molecule has 0 atom stereocenters. The minimum atomic E-state index is -1.08. The van der Waals surface area contributed by atoms with E-state index in [2.05, 4.69) is 0 Å². The summed E-state index contributed by atoms with van der Waals surface area (Å²) in [6.07, 6.45) is 1.46. The predicted molar refractivity (Wildman–Crippen MR) is 49.4 cm³/mol. The second-order valence-electron chi connectivity index (χ2n) is 3.06. The van der Waals surface area contributed by atoms with Crippen LogP contribution >= 0.6 is 0 Å². The maximum absolute atomic E-state index is 13.4. The van der Waals surface area contributed by atoms with E-state index in [1.165, 1.54) is 6.07 Å². The van der Waals surface area contributed by atoms with E-state index in [-0.39, 0.29) is 11.3 Å². The lowest BCUT2D eigenvalue weighted by molar-refractivity contribution is 0.110. The molecule has 0 aliphatic carbocycles. The van der Waals surface area contributed by atoms with Crippen molar-refractivity contribution in [2.45, 2.75) is 0 Å². The molecule has 2 aromatic rings. The van der Waals surface area contributed by atoms with Gasteiger partial charge in [-0.1, -0.05) is 0 Å². The lowest BCUT2D eigenvalue weighted by Gasteiger charge is -2.03.